The van der Waals surface area contributed by atoms with Crippen LogP contribution in [0.2, 0.25) is 5.02 Å². The highest BCUT2D eigenvalue weighted by Gasteiger charge is 2.38. The Hall–Kier alpha value is -2.85. The molecule has 1 amide bonds. The first-order valence-corrected chi connectivity index (χ1v) is 18.7. The minimum atomic E-state index is -4.04. The second-order valence-corrected chi connectivity index (χ2v) is 16.1. The quantitative estimate of drug-likeness (QED) is 0.293. The van der Waals surface area contributed by atoms with Crippen LogP contribution in [0.1, 0.15) is 65.4 Å². The number of allylic oxidation sites excluding steroid dienone is 1. The Labute approximate surface area is 275 Å². The SMILES string of the molecule is C[C@@H]1C/C=C/[C@H](O)[C@@H]2CC[C@H]2CN2CCCCc3cc(Cl)ccc3COc3ccc(cc32)C(=O)NS(=O)(=O)[C@H]1Cc1cccs1. The predicted octanol–water partition coefficient (Wildman–Crippen LogP) is 6.78. The van der Waals surface area contributed by atoms with Gasteiger partial charge in [-0.1, -0.05) is 42.8 Å². The second-order valence-electron chi connectivity index (χ2n) is 12.7. The summed E-state index contributed by atoms with van der Waals surface area (Å²) in [6.45, 7) is 3.71. The minimum absolute atomic E-state index is 0.121. The fourth-order valence-corrected chi connectivity index (χ4v) is 9.58. The van der Waals surface area contributed by atoms with Crippen LogP contribution >= 0.6 is 22.9 Å². The van der Waals surface area contributed by atoms with Gasteiger partial charge in [-0.2, -0.15) is 0 Å². The zero-order chi connectivity index (χ0) is 31.6. The molecular weight excluding hydrogens is 628 g/mol. The van der Waals surface area contributed by atoms with Gasteiger partial charge in [0, 0.05) is 35.0 Å². The first-order valence-electron chi connectivity index (χ1n) is 15.9. The summed E-state index contributed by atoms with van der Waals surface area (Å²) in [5.74, 6) is 0.123. The highest BCUT2D eigenvalue weighted by molar-refractivity contribution is 7.90. The van der Waals surface area contributed by atoms with E-state index >= 15 is 0 Å². The first-order chi connectivity index (χ1) is 21.7. The molecule has 3 aliphatic rings. The molecule has 1 aromatic heterocycles. The van der Waals surface area contributed by atoms with Gasteiger partial charge < -0.3 is 14.7 Å². The van der Waals surface area contributed by atoms with E-state index in [-0.39, 0.29) is 23.3 Å². The molecule has 2 aromatic carbocycles. The van der Waals surface area contributed by atoms with E-state index in [0.717, 1.165) is 54.8 Å². The molecule has 0 unspecified atom stereocenters. The minimum Gasteiger partial charge on any atom is -0.487 e. The van der Waals surface area contributed by atoms with Gasteiger partial charge in [-0.05, 0) is 109 Å². The second kappa shape index (κ2) is 13.9. The van der Waals surface area contributed by atoms with Crippen molar-refractivity contribution in [2.75, 3.05) is 18.0 Å². The van der Waals surface area contributed by atoms with Gasteiger partial charge in [-0.25, -0.2) is 13.1 Å². The van der Waals surface area contributed by atoms with Crippen molar-refractivity contribution in [2.24, 2.45) is 17.8 Å². The highest BCUT2D eigenvalue weighted by Crippen LogP contribution is 2.41. The Morgan fingerprint density at radius 2 is 1.98 bits per heavy atom. The van der Waals surface area contributed by atoms with Gasteiger partial charge in [0.2, 0.25) is 10.0 Å². The average molecular weight is 669 g/mol. The number of hydrogen-bond acceptors (Lipinski definition) is 7. The number of aliphatic hydroxyl groups excluding tert-OH is 1. The summed E-state index contributed by atoms with van der Waals surface area (Å²) in [5, 5.41) is 13.0. The van der Waals surface area contributed by atoms with E-state index in [2.05, 4.69) is 9.62 Å². The van der Waals surface area contributed by atoms with E-state index in [4.69, 9.17) is 16.3 Å². The van der Waals surface area contributed by atoms with E-state index in [1.54, 1.807) is 18.2 Å². The van der Waals surface area contributed by atoms with Crippen molar-refractivity contribution in [1.82, 2.24) is 4.72 Å². The number of benzene rings is 2. The number of halogens is 1. The lowest BCUT2D eigenvalue weighted by Crippen LogP contribution is -2.44. The van der Waals surface area contributed by atoms with Crippen LogP contribution in [-0.4, -0.2) is 43.9 Å². The van der Waals surface area contributed by atoms with Crippen LogP contribution in [0.5, 0.6) is 5.75 Å². The number of nitrogens with one attached hydrogen (secondary N) is 1. The number of anilines is 1. The smallest absolute Gasteiger partial charge is 0.264 e. The summed E-state index contributed by atoms with van der Waals surface area (Å²) >= 11 is 7.83. The Kier molecular flexibility index (Phi) is 9.90. The molecule has 0 radical (unpaired) electrons. The predicted molar refractivity (Wildman–Crippen MR) is 181 cm³/mol. The largest absolute Gasteiger partial charge is 0.487 e. The van der Waals surface area contributed by atoms with E-state index < -0.39 is 27.3 Å². The monoisotopic (exact) mass is 668 g/mol. The highest BCUT2D eigenvalue weighted by atomic mass is 35.5. The number of ether oxygens (including phenoxy) is 1. The number of nitrogens with zero attached hydrogens (tertiary/aromatic N) is 1. The summed E-state index contributed by atoms with van der Waals surface area (Å²) in [6, 6.07) is 14.9. The molecule has 45 heavy (non-hydrogen) atoms. The van der Waals surface area contributed by atoms with Gasteiger partial charge in [0.05, 0.1) is 17.0 Å². The number of rotatable bonds is 2. The normalized spacial score (nSPS) is 27.8. The third-order valence-electron chi connectivity index (χ3n) is 9.70. The number of carbonyl (C=O) groups excluding carboxylic acids is 1. The maximum atomic E-state index is 13.8. The topological polar surface area (TPSA) is 95.9 Å². The van der Waals surface area contributed by atoms with Crippen LogP contribution in [0.25, 0.3) is 0 Å². The van der Waals surface area contributed by atoms with Gasteiger partial charge in [0.1, 0.15) is 12.4 Å². The molecule has 2 bridgehead atoms. The van der Waals surface area contributed by atoms with Crippen molar-refractivity contribution in [3.05, 3.63) is 92.7 Å². The van der Waals surface area contributed by atoms with E-state index in [0.29, 0.717) is 36.8 Å². The Bertz CT molecular complexity index is 1640. The Morgan fingerprint density at radius 3 is 2.76 bits per heavy atom. The summed E-state index contributed by atoms with van der Waals surface area (Å²) in [6.07, 6.45) is 8.67. The maximum Gasteiger partial charge on any atom is 0.264 e. The molecule has 2 N–H and O–H groups in total. The number of sulfonamides is 1. The number of aryl methyl sites for hydroxylation is 1. The Morgan fingerprint density at radius 1 is 1.11 bits per heavy atom. The number of fused-ring (bicyclic) bond motifs is 3. The first kappa shape index (κ1) is 32.1. The van der Waals surface area contributed by atoms with Crippen LogP contribution in [0.4, 0.5) is 5.69 Å². The molecule has 240 valence electrons. The van der Waals surface area contributed by atoms with Gasteiger partial charge in [-0.3, -0.25) is 4.79 Å². The summed E-state index contributed by atoms with van der Waals surface area (Å²) in [4.78, 5) is 16.9. The van der Waals surface area contributed by atoms with Gasteiger partial charge in [-0.15, -0.1) is 11.3 Å². The maximum absolute atomic E-state index is 13.8. The van der Waals surface area contributed by atoms with Crippen molar-refractivity contribution in [3.8, 4) is 5.75 Å². The van der Waals surface area contributed by atoms with Crippen LogP contribution in [0.3, 0.4) is 0 Å². The van der Waals surface area contributed by atoms with Gasteiger partial charge in [0.25, 0.3) is 5.91 Å². The lowest BCUT2D eigenvalue weighted by atomic mass is 9.70. The number of carbonyl (C=O) groups is 1. The fourth-order valence-electron chi connectivity index (χ4n) is 6.87. The molecule has 3 aromatic rings. The van der Waals surface area contributed by atoms with Crippen LogP contribution < -0.4 is 14.4 Å². The van der Waals surface area contributed by atoms with Gasteiger partial charge >= 0.3 is 0 Å². The molecule has 7 nitrogen and oxygen atoms in total. The van der Waals surface area contributed by atoms with Crippen LogP contribution in [-0.2, 0) is 29.5 Å². The van der Waals surface area contributed by atoms with Crippen LogP contribution in [0.15, 0.2) is 66.1 Å². The van der Waals surface area contributed by atoms with Crippen molar-refractivity contribution in [2.45, 2.75) is 69.8 Å². The number of hydrogen-bond donors (Lipinski definition) is 2. The molecule has 0 saturated heterocycles. The standard InChI is InChI=1S/C35H41ClN2O5S2/c1-23-6-4-9-32(39)30-14-11-26(30)21-38-16-3-2-7-24-18-28(36)13-10-27(24)22-43-33-15-12-25(19-31(33)38)35(40)37-45(41,42)34(23)20-29-8-5-17-44-29/h4-5,8-10,12-13,15,17-19,23,26,30,32,34,39H,2-3,6-7,11,14,16,20-22H2,1H3,(H,37,40)/b9-4+/t23-,26+,30-,32+,34+/m1/s1. The molecule has 1 fully saturated rings. The van der Waals surface area contributed by atoms with E-state index in [1.165, 1.54) is 16.9 Å². The molecule has 1 saturated carbocycles. The fraction of sp³-hybridized carbons (Fsp3) is 0.457. The number of aliphatic hydroxyl groups is 1. The van der Waals surface area contributed by atoms with Gasteiger partial charge in [0.15, 0.2) is 0 Å². The zero-order valence-corrected chi connectivity index (χ0v) is 27.9. The number of amides is 1. The molecule has 0 spiro atoms. The molecule has 6 rings (SSSR count). The summed E-state index contributed by atoms with van der Waals surface area (Å²) < 4.78 is 36.5. The summed E-state index contributed by atoms with van der Waals surface area (Å²) in [7, 11) is -4.04. The average Bonchev–Trinajstić information content (AvgIpc) is 3.50. The van der Waals surface area contributed by atoms with Crippen molar-refractivity contribution >= 4 is 44.6 Å². The molecular formula is C35H41ClN2O5S2. The molecule has 1 aliphatic carbocycles. The Balaban J connectivity index is 1.38. The lowest BCUT2D eigenvalue weighted by molar-refractivity contribution is 0.0461. The zero-order valence-electron chi connectivity index (χ0n) is 25.5. The molecule has 5 atom stereocenters. The van der Waals surface area contributed by atoms with Crippen LogP contribution in [0, 0.1) is 17.8 Å². The third kappa shape index (κ3) is 7.43. The third-order valence-corrected chi connectivity index (χ3v) is 12.7. The van der Waals surface area contributed by atoms with E-state index in [9.17, 15) is 18.3 Å². The van der Waals surface area contributed by atoms with Crippen molar-refractivity contribution < 1.29 is 23.1 Å². The lowest BCUT2D eigenvalue weighted by Gasteiger charge is -2.42. The van der Waals surface area contributed by atoms with Crippen molar-refractivity contribution in [1.29, 1.82) is 0 Å². The molecule has 10 heteroatoms. The molecule has 2 aliphatic heterocycles. The van der Waals surface area contributed by atoms with Crippen molar-refractivity contribution in [3.63, 3.8) is 0 Å². The van der Waals surface area contributed by atoms with E-state index in [1.807, 2.05) is 54.8 Å². The molecule has 3 heterocycles. The number of thiophene rings is 1. The summed E-state index contributed by atoms with van der Waals surface area (Å²) in [5.41, 5.74) is 3.28.